The molecular formula is C21H23N3O5S2. The molecule has 0 aliphatic carbocycles. The van der Waals surface area contributed by atoms with Crippen LogP contribution in [-0.2, 0) is 27.3 Å². The molecule has 0 bridgehead atoms. The van der Waals surface area contributed by atoms with Crippen molar-refractivity contribution in [1.82, 2.24) is 9.88 Å². The number of thioether (sulfide) groups is 1. The molecule has 1 unspecified atom stereocenters. The third-order valence-electron chi connectivity index (χ3n) is 4.84. The number of ether oxygens (including phenoxy) is 1. The fraction of sp³-hybridized carbons (Fsp3) is 0.333. The van der Waals surface area contributed by atoms with E-state index in [0.29, 0.717) is 22.9 Å². The number of nitrogens with one attached hydrogen (secondary N) is 1. The minimum Gasteiger partial charge on any atom is -0.497 e. The highest BCUT2D eigenvalue weighted by atomic mass is 32.2. The molecule has 0 fully saturated rings. The predicted octanol–water partition coefficient (Wildman–Crippen LogP) is 3.16. The quantitative estimate of drug-likeness (QED) is 0.590. The van der Waals surface area contributed by atoms with Crippen LogP contribution in [0.4, 0.5) is 5.13 Å². The maximum Gasteiger partial charge on any atom is 0.309 e. The lowest BCUT2D eigenvalue weighted by Crippen LogP contribution is -2.34. The first-order valence-electron chi connectivity index (χ1n) is 9.47. The van der Waals surface area contributed by atoms with Crippen LogP contribution in [0.25, 0.3) is 0 Å². The van der Waals surface area contributed by atoms with Crippen LogP contribution in [0.2, 0.25) is 0 Å². The highest BCUT2D eigenvalue weighted by molar-refractivity contribution is 8.00. The molecule has 2 aromatic rings. The van der Waals surface area contributed by atoms with E-state index in [9.17, 15) is 14.4 Å². The maximum atomic E-state index is 12.8. The number of anilines is 1. The van der Waals surface area contributed by atoms with Crippen LogP contribution >= 0.6 is 23.1 Å². The van der Waals surface area contributed by atoms with Gasteiger partial charge in [-0.15, -0.1) is 23.1 Å². The Kier molecular flexibility index (Phi) is 7.34. The second-order valence-corrected chi connectivity index (χ2v) is 8.94. The number of benzene rings is 1. The molecule has 0 saturated heterocycles. The van der Waals surface area contributed by atoms with Crippen LogP contribution in [0.1, 0.15) is 25.1 Å². The van der Waals surface area contributed by atoms with Crippen LogP contribution < -0.4 is 10.1 Å². The Morgan fingerprint density at radius 2 is 2.00 bits per heavy atom. The molecule has 3 rings (SSSR count). The van der Waals surface area contributed by atoms with Gasteiger partial charge in [-0.2, -0.15) is 0 Å². The van der Waals surface area contributed by atoms with Crippen LogP contribution in [0, 0.1) is 0 Å². The van der Waals surface area contributed by atoms with E-state index >= 15 is 0 Å². The average Bonchev–Trinajstić information content (AvgIpc) is 3.25. The number of nitrogens with zero attached hydrogens (tertiary/aromatic N) is 2. The van der Waals surface area contributed by atoms with Gasteiger partial charge in [0.25, 0.3) is 5.91 Å². The molecule has 164 valence electrons. The molecule has 1 aliphatic rings. The lowest BCUT2D eigenvalue weighted by atomic mass is 10.2. The fourth-order valence-corrected chi connectivity index (χ4v) is 5.00. The van der Waals surface area contributed by atoms with E-state index in [2.05, 4.69) is 10.3 Å². The van der Waals surface area contributed by atoms with Crippen LogP contribution in [-0.4, -0.2) is 51.0 Å². The third kappa shape index (κ3) is 5.65. The molecule has 1 aromatic carbocycles. The van der Waals surface area contributed by atoms with Crippen molar-refractivity contribution < 1.29 is 24.2 Å². The zero-order valence-electron chi connectivity index (χ0n) is 17.4. The summed E-state index contributed by atoms with van der Waals surface area (Å²) in [6.07, 6.45) is -0.186. The van der Waals surface area contributed by atoms with Gasteiger partial charge in [-0.05, 0) is 37.1 Å². The van der Waals surface area contributed by atoms with Gasteiger partial charge in [0.2, 0.25) is 5.91 Å². The van der Waals surface area contributed by atoms with Gasteiger partial charge < -0.3 is 20.1 Å². The van der Waals surface area contributed by atoms with Crippen LogP contribution in [0.5, 0.6) is 5.75 Å². The monoisotopic (exact) mass is 461 g/mol. The van der Waals surface area contributed by atoms with Crippen molar-refractivity contribution in [2.45, 2.75) is 32.2 Å². The minimum atomic E-state index is -0.973. The topological polar surface area (TPSA) is 109 Å². The molecule has 0 spiro atoms. The summed E-state index contributed by atoms with van der Waals surface area (Å²) in [5.74, 6) is -0.382. The molecule has 2 amide bonds. The highest BCUT2D eigenvalue weighted by Crippen LogP contribution is 2.34. The summed E-state index contributed by atoms with van der Waals surface area (Å²) < 4.78 is 5.18. The predicted molar refractivity (Wildman–Crippen MR) is 120 cm³/mol. The number of hydrogen-bond donors (Lipinski definition) is 2. The Bertz CT molecular complexity index is 1020. The van der Waals surface area contributed by atoms with Crippen molar-refractivity contribution in [3.63, 3.8) is 0 Å². The van der Waals surface area contributed by atoms with Crippen molar-refractivity contribution >= 4 is 46.0 Å². The van der Waals surface area contributed by atoms with Gasteiger partial charge >= 0.3 is 5.97 Å². The van der Waals surface area contributed by atoms with Gasteiger partial charge in [-0.1, -0.05) is 12.1 Å². The summed E-state index contributed by atoms with van der Waals surface area (Å²) >= 11 is 2.56. The van der Waals surface area contributed by atoms with Gasteiger partial charge in [0.15, 0.2) is 5.13 Å². The van der Waals surface area contributed by atoms with Crippen molar-refractivity contribution in [1.29, 1.82) is 0 Å². The summed E-state index contributed by atoms with van der Waals surface area (Å²) in [6.45, 7) is 4.15. The fourth-order valence-electron chi connectivity index (χ4n) is 3.12. The van der Waals surface area contributed by atoms with Crippen molar-refractivity contribution in [2.75, 3.05) is 18.2 Å². The zero-order valence-corrected chi connectivity index (χ0v) is 19.0. The number of hydrogen-bond acceptors (Lipinski definition) is 7. The van der Waals surface area contributed by atoms with Crippen molar-refractivity contribution in [3.8, 4) is 5.75 Å². The third-order valence-corrected chi connectivity index (χ3v) is 7.00. The van der Waals surface area contributed by atoms with E-state index in [1.54, 1.807) is 24.3 Å². The lowest BCUT2D eigenvalue weighted by Gasteiger charge is -2.26. The van der Waals surface area contributed by atoms with Crippen molar-refractivity contribution in [3.05, 3.63) is 52.0 Å². The first kappa shape index (κ1) is 22.8. The van der Waals surface area contributed by atoms with Gasteiger partial charge in [-0.3, -0.25) is 14.4 Å². The molecule has 1 atom stereocenters. The smallest absolute Gasteiger partial charge is 0.309 e. The Morgan fingerprint density at radius 3 is 2.65 bits per heavy atom. The van der Waals surface area contributed by atoms with E-state index in [1.807, 2.05) is 31.2 Å². The summed E-state index contributed by atoms with van der Waals surface area (Å²) in [6, 6.07) is 7.54. The number of amides is 2. The number of aromatic nitrogens is 1. The molecule has 31 heavy (non-hydrogen) atoms. The number of aliphatic carboxylic acids is 1. The normalized spacial score (nSPS) is 16.0. The lowest BCUT2D eigenvalue weighted by molar-refractivity contribution is -0.136. The number of carbonyl (C=O) groups excluding carboxylic acids is 2. The summed E-state index contributed by atoms with van der Waals surface area (Å²) in [7, 11) is 1.60. The first-order chi connectivity index (χ1) is 14.8. The first-order valence-corrected chi connectivity index (χ1v) is 11.4. The van der Waals surface area contributed by atoms with E-state index < -0.39 is 5.97 Å². The largest absolute Gasteiger partial charge is 0.497 e. The Morgan fingerprint density at radius 1 is 1.29 bits per heavy atom. The van der Waals surface area contributed by atoms with Gasteiger partial charge in [0.1, 0.15) is 11.1 Å². The van der Waals surface area contributed by atoms with Gasteiger partial charge in [0, 0.05) is 17.5 Å². The molecule has 8 nitrogen and oxygen atoms in total. The summed E-state index contributed by atoms with van der Waals surface area (Å²) in [4.78, 5) is 41.8. The number of methoxy groups -OCH3 is 1. The van der Waals surface area contributed by atoms with E-state index in [4.69, 9.17) is 9.84 Å². The second kappa shape index (κ2) is 9.97. The molecular weight excluding hydrogens is 438 g/mol. The van der Waals surface area contributed by atoms with Gasteiger partial charge in [-0.25, -0.2) is 4.98 Å². The summed E-state index contributed by atoms with van der Waals surface area (Å²) in [5, 5.41) is 13.3. The number of carbonyl (C=O) groups is 3. The zero-order chi connectivity index (χ0) is 22.5. The molecule has 0 saturated carbocycles. The van der Waals surface area contributed by atoms with E-state index in [1.165, 1.54) is 23.1 Å². The Hall–Kier alpha value is -2.85. The molecule has 10 heteroatoms. The van der Waals surface area contributed by atoms with Crippen LogP contribution in [0.3, 0.4) is 0 Å². The Balaban J connectivity index is 1.61. The minimum absolute atomic E-state index is 0.0375. The number of rotatable bonds is 9. The number of carboxylic acids is 1. The van der Waals surface area contributed by atoms with Crippen LogP contribution in [0.15, 0.2) is 40.8 Å². The molecule has 2 heterocycles. The molecule has 2 N–H and O–H groups in total. The molecule has 0 radical (unpaired) electrons. The molecule has 1 aromatic heterocycles. The SMILES string of the molecule is COc1ccc(CN2C(=O)C(C)=C(C)C2SCC(=O)Nc2nc(CC(=O)O)cs2)cc1. The number of carboxylic acid groups (broad SMARTS) is 1. The van der Waals surface area contributed by atoms with E-state index in [-0.39, 0.29) is 29.4 Å². The van der Waals surface area contributed by atoms with Crippen molar-refractivity contribution in [2.24, 2.45) is 0 Å². The standard InChI is InChI=1S/C21H23N3O5S2/c1-12-13(2)20(24(19(12)28)9-14-4-6-16(29-3)7-5-14)30-11-17(25)23-21-22-15(10-31-21)8-18(26)27/h4-7,10,20H,8-9,11H2,1-3H3,(H,26,27)(H,22,23,25). The number of thiazole rings is 1. The molecule has 1 aliphatic heterocycles. The Labute approximate surface area is 188 Å². The van der Waals surface area contributed by atoms with E-state index in [0.717, 1.165) is 16.9 Å². The second-order valence-electron chi connectivity index (χ2n) is 7.02. The maximum absolute atomic E-state index is 12.8. The average molecular weight is 462 g/mol. The van der Waals surface area contributed by atoms with Gasteiger partial charge in [0.05, 0.1) is 25.0 Å². The highest BCUT2D eigenvalue weighted by Gasteiger charge is 2.35. The summed E-state index contributed by atoms with van der Waals surface area (Å²) in [5.41, 5.74) is 3.02.